The molecule has 1 heterocycles. The molecule has 0 atom stereocenters. The second-order valence-electron chi connectivity index (χ2n) is 4.79. The van der Waals surface area contributed by atoms with Gasteiger partial charge in [0.15, 0.2) is 0 Å². The van der Waals surface area contributed by atoms with Crippen LogP contribution in [0.1, 0.15) is 18.1 Å². The maximum absolute atomic E-state index is 13.4. The van der Waals surface area contributed by atoms with Crippen molar-refractivity contribution in [1.29, 1.82) is 0 Å². The van der Waals surface area contributed by atoms with Gasteiger partial charge in [-0.05, 0) is 24.9 Å². The summed E-state index contributed by atoms with van der Waals surface area (Å²) in [4.78, 5) is 8.12. The molecule has 1 aromatic carbocycles. The quantitative estimate of drug-likeness (QED) is 0.670. The Morgan fingerprint density at radius 1 is 1.38 bits per heavy atom. The molecule has 3 nitrogen and oxygen atoms in total. The van der Waals surface area contributed by atoms with Crippen LogP contribution < -0.4 is 5.32 Å². The van der Waals surface area contributed by atoms with Crippen LogP contribution >= 0.6 is 0 Å². The van der Waals surface area contributed by atoms with Crippen molar-refractivity contribution in [3.05, 3.63) is 40.6 Å². The van der Waals surface area contributed by atoms with Gasteiger partial charge in [0.1, 0.15) is 0 Å². The van der Waals surface area contributed by atoms with Crippen molar-refractivity contribution < 1.29 is 8.78 Å². The van der Waals surface area contributed by atoms with Gasteiger partial charge in [-0.15, -0.1) is 6.42 Å². The Morgan fingerprint density at radius 3 is 2.76 bits per heavy atom. The summed E-state index contributed by atoms with van der Waals surface area (Å²) < 4.78 is 26.9. The summed E-state index contributed by atoms with van der Waals surface area (Å²) in [6, 6.07) is 4.23. The number of aliphatic imine (C=N–C) groups is 2. The Kier molecular flexibility index (Phi) is 4.29. The number of alkyl halides is 2. The SMILES string of the molecule is C#Cc1cc(N=CC2=C(N=C)CNC2)cc(C(C)(F)F)c1. The lowest BCUT2D eigenvalue weighted by atomic mass is 10.1. The molecule has 0 unspecified atom stereocenters. The molecule has 0 radical (unpaired) electrons. The minimum absolute atomic E-state index is 0.148. The third-order valence-electron chi connectivity index (χ3n) is 3.13. The first-order valence-corrected chi connectivity index (χ1v) is 6.37. The van der Waals surface area contributed by atoms with Crippen LogP contribution in [0.4, 0.5) is 14.5 Å². The molecule has 1 aliphatic heterocycles. The largest absolute Gasteiger partial charge is 0.307 e. The second kappa shape index (κ2) is 5.98. The van der Waals surface area contributed by atoms with E-state index in [2.05, 4.69) is 27.9 Å². The molecule has 0 saturated carbocycles. The molecule has 0 spiro atoms. The van der Waals surface area contributed by atoms with Crippen molar-refractivity contribution in [2.24, 2.45) is 9.98 Å². The maximum atomic E-state index is 13.4. The molecule has 0 fully saturated rings. The highest BCUT2D eigenvalue weighted by Crippen LogP contribution is 2.31. The smallest absolute Gasteiger partial charge is 0.270 e. The van der Waals surface area contributed by atoms with E-state index in [4.69, 9.17) is 6.42 Å². The van der Waals surface area contributed by atoms with Crippen molar-refractivity contribution in [3.8, 4) is 12.3 Å². The Morgan fingerprint density at radius 2 is 2.14 bits per heavy atom. The first kappa shape index (κ1) is 15.1. The van der Waals surface area contributed by atoms with E-state index in [1.54, 1.807) is 12.3 Å². The molecule has 5 heteroatoms. The number of hydrogen-bond donors (Lipinski definition) is 1. The Hall–Kier alpha value is -2.32. The second-order valence-corrected chi connectivity index (χ2v) is 4.79. The number of benzene rings is 1. The number of rotatable bonds is 4. The summed E-state index contributed by atoms with van der Waals surface area (Å²) in [6.07, 6.45) is 6.91. The van der Waals surface area contributed by atoms with Crippen LogP contribution in [0.5, 0.6) is 0 Å². The molecule has 21 heavy (non-hydrogen) atoms. The van der Waals surface area contributed by atoms with E-state index in [0.29, 0.717) is 24.3 Å². The third-order valence-corrected chi connectivity index (χ3v) is 3.13. The van der Waals surface area contributed by atoms with Crippen LogP contribution in [0.2, 0.25) is 0 Å². The molecule has 1 N–H and O–H groups in total. The molecule has 2 rings (SSSR count). The predicted molar refractivity (Wildman–Crippen MR) is 81.5 cm³/mol. The zero-order valence-corrected chi connectivity index (χ0v) is 11.7. The van der Waals surface area contributed by atoms with E-state index in [1.165, 1.54) is 12.1 Å². The standard InChI is InChI=1S/C16H15F2N3/c1-4-11-5-13(16(2,17)18)7-14(6-11)21-9-12-8-20-10-15(12)19-3/h1,5-7,9,20H,3,8,10H2,2H3. The highest BCUT2D eigenvalue weighted by Gasteiger charge is 2.25. The number of terminal acetylenes is 1. The van der Waals surface area contributed by atoms with Crippen LogP contribution in [-0.2, 0) is 5.92 Å². The fourth-order valence-corrected chi connectivity index (χ4v) is 1.98. The van der Waals surface area contributed by atoms with Crippen LogP contribution in [0.3, 0.4) is 0 Å². The van der Waals surface area contributed by atoms with Gasteiger partial charge in [0.05, 0.1) is 11.4 Å². The van der Waals surface area contributed by atoms with Gasteiger partial charge in [-0.25, -0.2) is 8.78 Å². The number of nitrogens with zero attached hydrogens (tertiary/aromatic N) is 2. The van der Waals surface area contributed by atoms with Crippen LogP contribution in [-0.4, -0.2) is 26.0 Å². The van der Waals surface area contributed by atoms with E-state index in [9.17, 15) is 8.78 Å². The number of nitrogens with one attached hydrogen (secondary N) is 1. The lowest BCUT2D eigenvalue weighted by Crippen LogP contribution is -2.08. The van der Waals surface area contributed by atoms with Gasteiger partial charge in [-0.1, -0.05) is 5.92 Å². The van der Waals surface area contributed by atoms with E-state index in [1.807, 2.05) is 0 Å². The maximum Gasteiger partial charge on any atom is 0.270 e. The summed E-state index contributed by atoms with van der Waals surface area (Å²) >= 11 is 0. The Bertz CT molecular complexity index is 661. The average molecular weight is 287 g/mol. The lowest BCUT2D eigenvalue weighted by Gasteiger charge is -2.11. The normalized spacial score (nSPS) is 15.5. The molecular formula is C16H15F2N3. The number of hydrogen-bond acceptors (Lipinski definition) is 3. The van der Waals surface area contributed by atoms with E-state index < -0.39 is 5.92 Å². The van der Waals surface area contributed by atoms with Crippen LogP contribution in [0.15, 0.2) is 39.5 Å². The van der Waals surface area contributed by atoms with Gasteiger partial charge in [0.2, 0.25) is 0 Å². The predicted octanol–water partition coefficient (Wildman–Crippen LogP) is 3.04. The molecule has 1 aliphatic rings. The summed E-state index contributed by atoms with van der Waals surface area (Å²) in [5, 5.41) is 3.12. The molecule has 0 amide bonds. The van der Waals surface area contributed by atoms with Gasteiger partial charge < -0.3 is 5.32 Å². The number of halogens is 2. The molecule has 0 aliphatic carbocycles. The zero-order chi connectivity index (χ0) is 15.5. The van der Waals surface area contributed by atoms with Crippen LogP contribution in [0.25, 0.3) is 0 Å². The first-order valence-electron chi connectivity index (χ1n) is 6.37. The van der Waals surface area contributed by atoms with Crippen molar-refractivity contribution in [3.63, 3.8) is 0 Å². The van der Waals surface area contributed by atoms with Crippen molar-refractivity contribution in [2.45, 2.75) is 12.8 Å². The Labute approximate surface area is 122 Å². The fraction of sp³-hybridized carbons (Fsp3) is 0.250. The lowest BCUT2D eigenvalue weighted by molar-refractivity contribution is 0.0175. The van der Waals surface area contributed by atoms with Gasteiger partial charge in [0.25, 0.3) is 5.92 Å². The van der Waals surface area contributed by atoms with Crippen molar-refractivity contribution in [2.75, 3.05) is 13.1 Å². The van der Waals surface area contributed by atoms with Crippen molar-refractivity contribution >= 4 is 18.6 Å². The first-order chi connectivity index (χ1) is 9.94. The van der Waals surface area contributed by atoms with Gasteiger partial charge in [-0.3, -0.25) is 9.98 Å². The molecular weight excluding hydrogens is 272 g/mol. The third kappa shape index (κ3) is 3.61. The Balaban J connectivity index is 2.36. The minimum atomic E-state index is -2.96. The average Bonchev–Trinajstić information content (AvgIpc) is 2.91. The topological polar surface area (TPSA) is 36.8 Å². The summed E-state index contributed by atoms with van der Waals surface area (Å²) in [5.74, 6) is -0.592. The zero-order valence-electron chi connectivity index (χ0n) is 11.7. The van der Waals surface area contributed by atoms with E-state index >= 15 is 0 Å². The molecule has 0 aromatic heterocycles. The van der Waals surface area contributed by atoms with Crippen LogP contribution in [0, 0.1) is 12.3 Å². The highest BCUT2D eigenvalue weighted by atomic mass is 19.3. The van der Waals surface area contributed by atoms with Gasteiger partial charge in [0, 0.05) is 42.9 Å². The molecule has 0 bridgehead atoms. The monoisotopic (exact) mass is 287 g/mol. The van der Waals surface area contributed by atoms with Crippen molar-refractivity contribution in [1.82, 2.24) is 5.32 Å². The van der Waals surface area contributed by atoms with E-state index in [0.717, 1.165) is 18.2 Å². The summed E-state index contributed by atoms with van der Waals surface area (Å²) in [6.45, 7) is 5.58. The minimum Gasteiger partial charge on any atom is -0.307 e. The van der Waals surface area contributed by atoms with E-state index in [-0.39, 0.29) is 5.56 Å². The fourth-order valence-electron chi connectivity index (χ4n) is 1.98. The molecule has 0 saturated heterocycles. The highest BCUT2D eigenvalue weighted by molar-refractivity contribution is 5.83. The summed E-state index contributed by atoms with van der Waals surface area (Å²) in [7, 11) is 0. The molecule has 1 aromatic rings. The summed E-state index contributed by atoms with van der Waals surface area (Å²) in [5.41, 5.74) is 2.33. The van der Waals surface area contributed by atoms with Gasteiger partial charge in [-0.2, -0.15) is 0 Å². The molecule has 108 valence electrons. The van der Waals surface area contributed by atoms with Gasteiger partial charge >= 0.3 is 0 Å².